The van der Waals surface area contributed by atoms with E-state index in [1.807, 2.05) is 23.6 Å². The predicted molar refractivity (Wildman–Crippen MR) is 115 cm³/mol. The number of hydrogen-bond donors (Lipinski definition) is 1. The van der Waals surface area contributed by atoms with Crippen LogP contribution in [-0.2, 0) is 11.2 Å². The van der Waals surface area contributed by atoms with Crippen LogP contribution >= 0.6 is 11.3 Å². The Balaban J connectivity index is 1.51. The molecule has 0 atom stereocenters. The van der Waals surface area contributed by atoms with Crippen LogP contribution in [0.25, 0.3) is 17.5 Å². The molecule has 0 aliphatic rings. The van der Waals surface area contributed by atoms with Gasteiger partial charge in [0.1, 0.15) is 0 Å². The van der Waals surface area contributed by atoms with Gasteiger partial charge in [0.05, 0.1) is 23.0 Å². The van der Waals surface area contributed by atoms with E-state index in [-0.39, 0.29) is 17.4 Å². The highest BCUT2D eigenvalue weighted by atomic mass is 32.1. The molecule has 162 valence electrons. The van der Waals surface area contributed by atoms with E-state index in [1.165, 1.54) is 23.5 Å². The Bertz CT molecular complexity index is 1030. The molecule has 0 saturated heterocycles. The Hall–Kier alpha value is -3.33. The fourth-order valence-corrected chi connectivity index (χ4v) is 3.46. The van der Waals surface area contributed by atoms with Crippen LogP contribution in [0.1, 0.15) is 17.5 Å². The molecular formula is C22H21F2N3O3S. The SMILES string of the molecule is CCOc1cc(/C=C/C(=O)NCCc2nc(-c3ccccn3)cs2)ccc1OC(F)F. The van der Waals surface area contributed by atoms with Gasteiger partial charge in [0, 0.05) is 30.6 Å². The van der Waals surface area contributed by atoms with Crippen molar-refractivity contribution in [2.45, 2.75) is 20.0 Å². The molecule has 1 N–H and O–H groups in total. The van der Waals surface area contributed by atoms with Crippen LogP contribution in [0.4, 0.5) is 8.78 Å². The van der Waals surface area contributed by atoms with Crippen molar-refractivity contribution in [1.82, 2.24) is 15.3 Å². The van der Waals surface area contributed by atoms with Gasteiger partial charge >= 0.3 is 6.61 Å². The lowest BCUT2D eigenvalue weighted by Crippen LogP contribution is -2.23. The lowest BCUT2D eigenvalue weighted by molar-refractivity contribution is -0.116. The fraction of sp³-hybridized carbons (Fsp3) is 0.227. The minimum Gasteiger partial charge on any atom is -0.490 e. The van der Waals surface area contributed by atoms with Gasteiger partial charge in [-0.15, -0.1) is 11.3 Å². The second kappa shape index (κ2) is 11.2. The van der Waals surface area contributed by atoms with Crippen molar-refractivity contribution in [2.75, 3.05) is 13.2 Å². The zero-order valence-electron chi connectivity index (χ0n) is 16.8. The van der Waals surface area contributed by atoms with Gasteiger partial charge in [0.2, 0.25) is 5.91 Å². The number of alkyl halides is 2. The maximum atomic E-state index is 12.5. The summed E-state index contributed by atoms with van der Waals surface area (Å²) >= 11 is 1.52. The molecule has 6 nitrogen and oxygen atoms in total. The lowest BCUT2D eigenvalue weighted by Gasteiger charge is -2.11. The van der Waals surface area contributed by atoms with Crippen LogP contribution in [0.2, 0.25) is 0 Å². The molecule has 1 amide bonds. The van der Waals surface area contributed by atoms with Crippen molar-refractivity contribution in [3.63, 3.8) is 0 Å². The van der Waals surface area contributed by atoms with Crippen LogP contribution in [-0.4, -0.2) is 35.6 Å². The minimum absolute atomic E-state index is 0.0491. The van der Waals surface area contributed by atoms with Gasteiger partial charge in [0.15, 0.2) is 11.5 Å². The summed E-state index contributed by atoms with van der Waals surface area (Å²) in [5.74, 6) is -0.128. The molecule has 0 aliphatic carbocycles. The van der Waals surface area contributed by atoms with E-state index >= 15 is 0 Å². The molecule has 3 aromatic rings. The zero-order chi connectivity index (χ0) is 22.1. The highest BCUT2D eigenvalue weighted by Gasteiger charge is 2.11. The van der Waals surface area contributed by atoms with Crippen LogP contribution in [0.15, 0.2) is 54.1 Å². The molecule has 2 aromatic heterocycles. The number of pyridine rings is 1. The van der Waals surface area contributed by atoms with E-state index in [0.29, 0.717) is 25.1 Å². The van der Waals surface area contributed by atoms with Crippen LogP contribution in [0, 0.1) is 0 Å². The maximum Gasteiger partial charge on any atom is 0.387 e. The molecule has 2 heterocycles. The molecule has 0 saturated carbocycles. The molecule has 0 bridgehead atoms. The van der Waals surface area contributed by atoms with Crippen molar-refractivity contribution < 1.29 is 23.0 Å². The number of rotatable bonds is 10. The topological polar surface area (TPSA) is 73.3 Å². The lowest BCUT2D eigenvalue weighted by atomic mass is 10.2. The average molecular weight is 445 g/mol. The summed E-state index contributed by atoms with van der Waals surface area (Å²) < 4.78 is 34.7. The first-order chi connectivity index (χ1) is 15.0. The highest BCUT2D eigenvalue weighted by Crippen LogP contribution is 2.30. The molecule has 31 heavy (non-hydrogen) atoms. The Labute approximate surface area is 182 Å². The van der Waals surface area contributed by atoms with Gasteiger partial charge in [0.25, 0.3) is 0 Å². The van der Waals surface area contributed by atoms with Gasteiger partial charge in [-0.2, -0.15) is 8.78 Å². The third-order valence-corrected chi connectivity index (χ3v) is 4.94. The Kier molecular flexibility index (Phi) is 8.05. The molecule has 1 aromatic carbocycles. The number of halogens is 2. The number of benzene rings is 1. The number of hydrogen-bond acceptors (Lipinski definition) is 6. The smallest absolute Gasteiger partial charge is 0.387 e. The van der Waals surface area contributed by atoms with Gasteiger partial charge in [-0.3, -0.25) is 9.78 Å². The number of carbonyl (C=O) groups is 1. The molecule has 0 fully saturated rings. The summed E-state index contributed by atoms with van der Waals surface area (Å²) in [5, 5.41) is 5.64. The van der Waals surface area contributed by atoms with E-state index in [2.05, 4.69) is 20.0 Å². The summed E-state index contributed by atoms with van der Waals surface area (Å²) in [7, 11) is 0. The highest BCUT2D eigenvalue weighted by molar-refractivity contribution is 7.09. The molecule has 9 heteroatoms. The first-order valence-electron chi connectivity index (χ1n) is 9.58. The Morgan fingerprint density at radius 1 is 1.23 bits per heavy atom. The van der Waals surface area contributed by atoms with Crippen LogP contribution in [0.3, 0.4) is 0 Å². The van der Waals surface area contributed by atoms with Gasteiger partial charge in [-0.05, 0) is 42.8 Å². The largest absolute Gasteiger partial charge is 0.490 e. The fourth-order valence-electron chi connectivity index (χ4n) is 2.67. The third kappa shape index (κ3) is 6.85. The number of nitrogens with zero attached hydrogens (tertiary/aromatic N) is 2. The summed E-state index contributed by atoms with van der Waals surface area (Å²) in [4.78, 5) is 20.9. The molecular weight excluding hydrogens is 424 g/mol. The quantitative estimate of drug-likeness (QED) is 0.463. The Morgan fingerprint density at radius 2 is 2.10 bits per heavy atom. The normalized spacial score (nSPS) is 11.1. The first kappa shape index (κ1) is 22.4. The molecule has 0 radical (unpaired) electrons. The number of ether oxygens (including phenoxy) is 2. The Morgan fingerprint density at radius 3 is 2.84 bits per heavy atom. The first-order valence-corrected chi connectivity index (χ1v) is 10.5. The van der Waals surface area contributed by atoms with Crippen molar-refractivity contribution in [3.8, 4) is 22.9 Å². The van der Waals surface area contributed by atoms with Gasteiger partial charge < -0.3 is 14.8 Å². The van der Waals surface area contributed by atoms with E-state index in [1.54, 1.807) is 31.3 Å². The average Bonchev–Trinajstić information content (AvgIpc) is 3.23. The van der Waals surface area contributed by atoms with Crippen molar-refractivity contribution in [2.24, 2.45) is 0 Å². The number of amides is 1. The van der Waals surface area contributed by atoms with Crippen LogP contribution < -0.4 is 14.8 Å². The molecule has 0 aliphatic heterocycles. The van der Waals surface area contributed by atoms with E-state index in [0.717, 1.165) is 16.4 Å². The van der Waals surface area contributed by atoms with Crippen molar-refractivity contribution in [1.29, 1.82) is 0 Å². The van der Waals surface area contributed by atoms with E-state index < -0.39 is 6.61 Å². The second-order valence-corrected chi connectivity index (χ2v) is 7.18. The van der Waals surface area contributed by atoms with Gasteiger partial charge in [-0.25, -0.2) is 4.98 Å². The number of aromatic nitrogens is 2. The molecule has 0 unspecified atom stereocenters. The monoisotopic (exact) mass is 445 g/mol. The predicted octanol–water partition coefficient (Wildman–Crippen LogP) is 4.58. The minimum atomic E-state index is -2.94. The molecule has 3 rings (SSSR count). The van der Waals surface area contributed by atoms with Crippen molar-refractivity contribution in [3.05, 3.63) is 64.6 Å². The summed E-state index contributed by atoms with van der Waals surface area (Å²) in [6, 6.07) is 10.1. The standard InChI is InChI=1S/C22H21F2N3O3S/c1-2-29-19-13-15(6-8-18(19)30-22(23)24)7-9-20(28)26-12-10-21-27-17(14-31-21)16-5-3-4-11-25-16/h3-9,11,13-14,22H,2,10,12H2,1H3,(H,26,28)/b9-7+. The van der Waals surface area contributed by atoms with Crippen molar-refractivity contribution >= 4 is 23.3 Å². The number of nitrogens with one attached hydrogen (secondary N) is 1. The van der Waals surface area contributed by atoms with Crippen LogP contribution in [0.5, 0.6) is 11.5 Å². The van der Waals surface area contributed by atoms with Gasteiger partial charge in [-0.1, -0.05) is 12.1 Å². The van der Waals surface area contributed by atoms with E-state index in [9.17, 15) is 13.6 Å². The summed E-state index contributed by atoms with van der Waals surface area (Å²) in [6.07, 6.45) is 5.27. The zero-order valence-corrected chi connectivity index (χ0v) is 17.6. The summed E-state index contributed by atoms with van der Waals surface area (Å²) in [5.41, 5.74) is 2.25. The molecule has 0 spiro atoms. The number of thiazole rings is 1. The maximum absolute atomic E-state index is 12.5. The van der Waals surface area contributed by atoms with E-state index in [4.69, 9.17) is 4.74 Å². The number of carbonyl (C=O) groups excluding carboxylic acids is 1. The third-order valence-electron chi connectivity index (χ3n) is 4.03. The summed E-state index contributed by atoms with van der Waals surface area (Å²) in [6.45, 7) is -0.469. The second-order valence-electron chi connectivity index (χ2n) is 6.23.